The Labute approximate surface area is 715 Å². The zero-order valence-electron chi connectivity index (χ0n) is 35.3. The molecule has 4 rings (SSSR count). The number of nitro groups is 2. The molecule has 69 heavy (non-hydrogen) atoms. The maximum absolute atomic E-state index is 12.7. The predicted octanol–water partition coefficient (Wildman–Crippen LogP) is -39.4. The fourth-order valence-corrected chi connectivity index (χ4v) is 4.64. The van der Waals surface area contributed by atoms with E-state index in [9.17, 15) is 29.8 Å². The summed E-state index contributed by atoms with van der Waals surface area (Å²) in [5.41, 5.74) is 0.564. The third-order valence-electron chi connectivity index (χ3n) is 6.01. The average molecular weight is 2980 g/mol. The van der Waals surface area contributed by atoms with Gasteiger partial charge in [-0.3, -0.25) is 25.1 Å². The van der Waals surface area contributed by atoms with Crippen molar-refractivity contribution in [1.82, 2.24) is 5.32 Å². The Bertz CT molecular complexity index is 1840. The molecular weight excluding hydrogens is 2940 g/mol. The topological polar surface area (TPSA) is 154 Å². The van der Waals surface area contributed by atoms with E-state index in [1.807, 2.05) is 81.4 Å². The fraction of sp³-hybridized carbons (Fsp3) is 0.297. The molecule has 0 radical (unpaired) electrons. The van der Waals surface area contributed by atoms with Crippen molar-refractivity contribution in [2.45, 2.75) is 73.3 Å². The van der Waals surface area contributed by atoms with E-state index in [-0.39, 0.29) is 450 Å². The highest BCUT2D eigenvalue weighted by Crippen LogP contribution is 2.33. The molecular formula is C37H43BrCl2I17N4O8-17. The molecule has 2 amide bonds. The van der Waals surface area contributed by atoms with Crippen molar-refractivity contribution in [2.24, 2.45) is 0 Å². The van der Waals surface area contributed by atoms with Crippen molar-refractivity contribution < 1.29 is 437 Å². The van der Waals surface area contributed by atoms with Crippen LogP contribution in [0.4, 0.5) is 26.7 Å². The van der Waals surface area contributed by atoms with Gasteiger partial charge in [-0.1, -0.05) is 91.3 Å². The number of amides is 2. The number of nitro benzene ring substituents is 2. The SMILES string of the molecule is C.CC(C)(C)OC(=O)N(Cc1ccccc1)c1ccc(Cl)cc1[N+](=O)[O-].CC(C)(C)OC(=O)NCc1ccccc1.O=[N+]([O-])c1cc(Cl)ccc1Br.[I-].[I-].[I-].[I-].[I-].[I-].[I-].[I-].[I-].[I-].[I-].[I-].[I-].[I-].[I-].[I-].[I-]. The number of rotatable bonds is 7. The van der Waals surface area contributed by atoms with Gasteiger partial charge in [-0.05, 0) is 92.9 Å². The first-order valence-corrected chi connectivity index (χ1v) is 16.9. The lowest BCUT2D eigenvalue weighted by atomic mass is 10.2. The molecule has 0 unspecified atom stereocenters. The maximum Gasteiger partial charge on any atom is 0.415 e. The first-order chi connectivity index (χ1) is 23.8. The fourth-order valence-electron chi connectivity index (χ4n) is 3.91. The molecule has 0 aromatic heterocycles. The monoisotopic (exact) mass is 2980 g/mol. The summed E-state index contributed by atoms with van der Waals surface area (Å²) in [4.78, 5) is 45.9. The molecule has 0 aliphatic heterocycles. The number of carbonyl (C=O) groups excluding carboxylic acids is 2. The van der Waals surface area contributed by atoms with Crippen LogP contribution in [0.1, 0.15) is 60.1 Å². The van der Waals surface area contributed by atoms with E-state index in [1.54, 1.807) is 32.9 Å². The number of ether oxygens (including phenoxy) is 2. The summed E-state index contributed by atoms with van der Waals surface area (Å²) in [7, 11) is 0. The van der Waals surface area contributed by atoms with E-state index in [0.717, 1.165) is 11.1 Å². The van der Waals surface area contributed by atoms with Crippen molar-refractivity contribution in [1.29, 1.82) is 0 Å². The summed E-state index contributed by atoms with van der Waals surface area (Å²) >= 11 is 14.4. The Morgan fingerprint density at radius 3 is 1.26 bits per heavy atom. The maximum atomic E-state index is 12.7. The van der Waals surface area contributed by atoms with Gasteiger partial charge in [0.2, 0.25) is 0 Å². The lowest BCUT2D eigenvalue weighted by Crippen LogP contribution is -3.00. The molecule has 0 saturated heterocycles. The number of anilines is 1. The van der Waals surface area contributed by atoms with E-state index < -0.39 is 27.1 Å². The molecule has 4 aromatic carbocycles. The summed E-state index contributed by atoms with van der Waals surface area (Å²) in [6.07, 6.45) is -1.05. The van der Waals surface area contributed by atoms with E-state index >= 15 is 0 Å². The van der Waals surface area contributed by atoms with Gasteiger partial charge in [0.25, 0.3) is 11.4 Å². The Morgan fingerprint density at radius 1 is 0.565 bits per heavy atom. The molecule has 0 atom stereocenters. The summed E-state index contributed by atoms with van der Waals surface area (Å²) in [5, 5.41) is 25.0. The van der Waals surface area contributed by atoms with Gasteiger partial charge in [-0.2, -0.15) is 0 Å². The quantitative estimate of drug-likeness (QED) is 0.109. The third-order valence-corrected chi connectivity index (χ3v) is 7.15. The van der Waals surface area contributed by atoms with Crippen LogP contribution >= 0.6 is 39.1 Å². The van der Waals surface area contributed by atoms with E-state index in [2.05, 4.69) is 21.2 Å². The number of halogens is 20. The summed E-state index contributed by atoms with van der Waals surface area (Å²) < 4.78 is 11.0. The second-order valence-corrected chi connectivity index (χ2v) is 14.4. The molecule has 12 nitrogen and oxygen atoms in total. The van der Waals surface area contributed by atoms with Crippen LogP contribution in [0, 0.1) is 20.2 Å². The van der Waals surface area contributed by atoms with Crippen molar-refractivity contribution in [3.8, 4) is 0 Å². The Balaban J connectivity index is -0.0000000367. The van der Waals surface area contributed by atoms with Gasteiger partial charge in [0.1, 0.15) is 16.9 Å². The van der Waals surface area contributed by atoms with Crippen LogP contribution in [0.3, 0.4) is 0 Å². The Morgan fingerprint density at radius 2 is 0.913 bits per heavy atom. The van der Waals surface area contributed by atoms with Crippen LogP contribution in [0.25, 0.3) is 0 Å². The van der Waals surface area contributed by atoms with Crippen molar-refractivity contribution in [3.63, 3.8) is 0 Å². The smallest absolute Gasteiger partial charge is 0.415 e. The van der Waals surface area contributed by atoms with E-state index in [4.69, 9.17) is 32.7 Å². The molecule has 32 heteroatoms. The van der Waals surface area contributed by atoms with Crippen LogP contribution in [-0.4, -0.2) is 33.2 Å². The minimum absolute atomic E-state index is 0. The lowest BCUT2D eigenvalue weighted by Gasteiger charge is -2.27. The number of hydrogen-bond acceptors (Lipinski definition) is 8. The van der Waals surface area contributed by atoms with Crippen LogP contribution in [0.2, 0.25) is 10.0 Å². The average Bonchev–Trinajstić information content (AvgIpc) is 3.04. The molecule has 4 aromatic rings. The lowest BCUT2D eigenvalue weighted by molar-refractivity contribution is -0.385. The van der Waals surface area contributed by atoms with Gasteiger partial charge >= 0.3 is 12.2 Å². The Kier molecular flexibility index (Phi) is 119. The molecule has 416 valence electrons. The van der Waals surface area contributed by atoms with Crippen molar-refractivity contribution >= 4 is 68.4 Å². The van der Waals surface area contributed by atoms with Crippen molar-refractivity contribution in [2.75, 3.05) is 4.90 Å². The largest absolute Gasteiger partial charge is 1.00 e. The highest BCUT2D eigenvalue weighted by molar-refractivity contribution is 9.10. The van der Waals surface area contributed by atoms with Crippen LogP contribution < -0.4 is 418 Å². The first kappa shape index (κ1) is 123. The third kappa shape index (κ3) is 57.3. The van der Waals surface area contributed by atoms with E-state index in [0.29, 0.717) is 16.0 Å². The number of nitrogens with one attached hydrogen (secondary N) is 1. The van der Waals surface area contributed by atoms with Gasteiger partial charge in [-0.15, -0.1) is 0 Å². The molecule has 1 N–H and O–H groups in total. The van der Waals surface area contributed by atoms with Gasteiger partial charge in [-0.25, -0.2) is 9.59 Å². The molecule has 0 heterocycles. The Hall–Kier alpha value is 7.69. The number of benzene rings is 4. The standard InChI is InChI=1S/C18H19ClN2O4.C12H17NO2.C6H3BrClNO2.CH4.17HI/c1-18(2,3)25-17(22)20(12-13-7-5-4-6-8-13)15-10-9-14(19)11-16(15)21(23)24;1-12(2,3)15-11(14)13-9-10-7-5-4-6-8-10;7-5-2-1-4(8)3-6(5)9(10)11;;;;;;;;;;;;;;;;;;/h4-11H,12H2,1-3H3;4-8H,9H2,1-3H3,(H,13,14);1-3H;1H4;17*1H/p-17. The summed E-state index contributed by atoms with van der Waals surface area (Å²) in [5.74, 6) is 0. The molecule has 0 saturated carbocycles. The molecule has 0 aliphatic rings. The van der Waals surface area contributed by atoms with Crippen LogP contribution in [-0.2, 0) is 22.6 Å². The van der Waals surface area contributed by atoms with Gasteiger partial charge in [0.05, 0.1) is 20.9 Å². The minimum Gasteiger partial charge on any atom is -1.00 e. The minimum atomic E-state index is -0.729. The molecule has 0 fully saturated rings. The highest BCUT2D eigenvalue weighted by atomic mass is 127. The highest BCUT2D eigenvalue weighted by Gasteiger charge is 2.29. The van der Waals surface area contributed by atoms with Gasteiger partial charge < -0.3 is 422 Å². The number of hydrogen-bond donors (Lipinski definition) is 1. The number of nitrogens with zero attached hydrogens (tertiary/aromatic N) is 3. The summed E-state index contributed by atoms with van der Waals surface area (Å²) in [6.45, 7) is 11.4. The summed E-state index contributed by atoms with van der Waals surface area (Å²) in [6, 6.07) is 27.5. The molecule has 0 spiro atoms. The molecule has 0 aliphatic carbocycles. The number of carbonyl (C=O) groups is 2. The zero-order chi connectivity index (χ0) is 38.4. The van der Waals surface area contributed by atoms with Gasteiger partial charge in [0.15, 0.2) is 0 Å². The van der Waals surface area contributed by atoms with Crippen LogP contribution in [0.5, 0.6) is 0 Å². The normalized spacial score (nSPS) is 7.90. The number of alkyl carbamates (subject to hydrolysis) is 1. The second-order valence-electron chi connectivity index (χ2n) is 12.6. The zero-order valence-corrected chi connectivity index (χ0v) is 75.1. The predicted molar refractivity (Wildman–Crippen MR) is 209 cm³/mol. The van der Waals surface area contributed by atoms with Crippen LogP contribution in [0.15, 0.2) is 102 Å². The molecule has 0 bridgehead atoms. The first-order valence-electron chi connectivity index (χ1n) is 15.3. The van der Waals surface area contributed by atoms with Crippen molar-refractivity contribution in [3.05, 3.63) is 143 Å². The second kappa shape index (κ2) is 66.5. The van der Waals surface area contributed by atoms with E-state index in [1.165, 1.54) is 29.2 Å². The van der Waals surface area contributed by atoms with Gasteiger partial charge in [0, 0.05) is 28.7 Å².